The first-order chi connectivity index (χ1) is 7.21. The molecular weight excluding hydrogens is 190 g/mol. The molecule has 0 saturated carbocycles. The van der Waals surface area contributed by atoms with E-state index in [2.05, 4.69) is 6.58 Å². The van der Waals surface area contributed by atoms with Crippen molar-refractivity contribution in [2.75, 3.05) is 0 Å². The quantitative estimate of drug-likeness (QED) is 0.392. The topological polar surface area (TPSA) is 37.4 Å². The Bertz CT molecular complexity index is 325. The van der Waals surface area contributed by atoms with E-state index in [1.807, 2.05) is 0 Å². The van der Waals surface area contributed by atoms with Gasteiger partial charge in [0.05, 0.1) is 0 Å². The molecule has 80 valence electrons. The van der Waals surface area contributed by atoms with Crippen molar-refractivity contribution in [2.45, 2.75) is 13.8 Å². The van der Waals surface area contributed by atoms with Gasteiger partial charge in [0.25, 0.3) is 5.91 Å². The summed E-state index contributed by atoms with van der Waals surface area (Å²) < 4.78 is 0. The Labute approximate surface area is 90.1 Å². The van der Waals surface area contributed by atoms with E-state index < -0.39 is 0 Å². The van der Waals surface area contributed by atoms with Gasteiger partial charge in [-0.3, -0.25) is 9.59 Å². The number of hydrogen-bond acceptors (Lipinski definition) is 2. The van der Waals surface area contributed by atoms with Crippen molar-refractivity contribution in [2.24, 2.45) is 0 Å². The fourth-order valence-electron chi connectivity index (χ4n) is 0.945. The fraction of sp³-hybridized carbons (Fsp3) is 0.167. The van der Waals surface area contributed by atoms with Crippen LogP contribution in [0.2, 0.25) is 0 Å². The normalized spacial score (nSPS) is 12.0. The van der Waals surface area contributed by atoms with E-state index in [9.17, 15) is 9.59 Å². The average Bonchev–Trinajstić information content (AvgIpc) is 2.24. The molecule has 3 nitrogen and oxygen atoms in total. The van der Waals surface area contributed by atoms with Crippen LogP contribution in [0.4, 0.5) is 0 Å². The van der Waals surface area contributed by atoms with E-state index >= 15 is 0 Å². The maximum Gasteiger partial charge on any atom is 0.257 e. The Kier molecular flexibility index (Phi) is 6.55. The number of rotatable bonds is 5. The highest BCUT2D eigenvalue weighted by atomic mass is 16.2. The minimum Gasteiger partial charge on any atom is -0.278 e. The number of carbonyl (C=O) groups is 2. The van der Waals surface area contributed by atoms with E-state index in [0.717, 1.165) is 4.90 Å². The maximum atomic E-state index is 11.4. The molecule has 0 heterocycles. The van der Waals surface area contributed by atoms with Crippen molar-refractivity contribution in [3.63, 3.8) is 0 Å². The summed E-state index contributed by atoms with van der Waals surface area (Å²) in [6, 6.07) is 0. The highest BCUT2D eigenvalue weighted by Gasteiger charge is 2.11. The number of hydrogen-bond donors (Lipinski definition) is 0. The summed E-state index contributed by atoms with van der Waals surface area (Å²) >= 11 is 0. The van der Waals surface area contributed by atoms with E-state index in [0.29, 0.717) is 12.1 Å². The number of nitrogens with zero attached hydrogens (tertiary/aromatic N) is 1. The Hall–Kier alpha value is -1.90. The van der Waals surface area contributed by atoms with Gasteiger partial charge in [-0.2, -0.15) is 0 Å². The fourth-order valence-corrected chi connectivity index (χ4v) is 0.945. The van der Waals surface area contributed by atoms with Crippen LogP contribution in [0.15, 0.2) is 48.7 Å². The van der Waals surface area contributed by atoms with Gasteiger partial charge >= 0.3 is 0 Å². The predicted molar refractivity (Wildman–Crippen MR) is 60.8 cm³/mol. The van der Waals surface area contributed by atoms with Gasteiger partial charge in [-0.25, -0.2) is 4.90 Å². The van der Waals surface area contributed by atoms with E-state index in [-0.39, 0.29) is 5.91 Å². The molecule has 0 unspecified atom stereocenters. The number of imide groups is 1. The Morgan fingerprint density at radius 2 is 1.93 bits per heavy atom. The second-order valence-electron chi connectivity index (χ2n) is 2.62. The first-order valence-corrected chi connectivity index (χ1v) is 4.57. The lowest BCUT2D eigenvalue weighted by molar-refractivity contribution is -0.131. The smallest absolute Gasteiger partial charge is 0.257 e. The van der Waals surface area contributed by atoms with Gasteiger partial charge < -0.3 is 0 Å². The average molecular weight is 205 g/mol. The lowest BCUT2D eigenvalue weighted by atomic mass is 10.3. The van der Waals surface area contributed by atoms with Crippen molar-refractivity contribution >= 4 is 12.3 Å². The van der Waals surface area contributed by atoms with Crippen LogP contribution >= 0.6 is 0 Å². The number of allylic oxidation sites excluding steroid dienone is 5. The minimum atomic E-state index is -0.366. The standard InChI is InChI=1S/C12H15NO2/c1-4-7-9-11(6-3)13(10-14)12(15)8-5-2/h4-10H,1H2,2-3H3/b8-5-,9-7-,11-6+. The lowest BCUT2D eigenvalue weighted by Crippen LogP contribution is -2.26. The summed E-state index contributed by atoms with van der Waals surface area (Å²) in [6.45, 7) is 6.98. The lowest BCUT2D eigenvalue weighted by Gasteiger charge is -2.13. The Balaban J connectivity index is 4.93. The van der Waals surface area contributed by atoms with Crippen LogP contribution < -0.4 is 0 Å². The highest BCUT2D eigenvalue weighted by molar-refractivity contribution is 5.96. The van der Waals surface area contributed by atoms with Gasteiger partial charge in [-0.05, 0) is 26.0 Å². The first kappa shape index (κ1) is 13.1. The molecule has 0 radical (unpaired) electrons. The zero-order valence-corrected chi connectivity index (χ0v) is 9.01. The third kappa shape index (κ3) is 4.22. The molecule has 0 aliphatic rings. The Morgan fingerprint density at radius 1 is 1.27 bits per heavy atom. The van der Waals surface area contributed by atoms with Crippen LogP contribution in [0.1, 0.15) is 13.8 Å². The molecule has 0 N–H and O–H groups in total. The molecule has 0 rings (SSSR count). The first-order valence-electron chi connectivity index (χ1n) is 4.57. The maximum absolute atomic E-state index is 11.4. The van der Waals surface area contributed by atoms with Crippen LogP contribution in [0.25, 0.3) is 0 Å². The summed E-state index contributed by atoms with van der Waals surface area (Å²) in [4.78, 5) is 23.2. The molecule has 0 aromatic rings. The highest BCUT2D eigenvalue weighted by Crippen LogP contribution is 2.05. The zero-order chi connectivity index (χ0) is 11.7. The van der Waals surface area contributed by atoms with Crippen LogP contribution in [0.5, 0.6) is 0 Å². The molecule has 0 aromatic heterocycles. The molecule has 0 aliphatic carbocycles. The van der Waals surface area contributed by atoms with Crippen molar-refractivity contribution in [1.82, 2.24) is 4.90 Å². The molecule has 3 heteroatoms. The molecule has 0 spiro atoms. The molecular formula is C12H15NO2. The SMILES string of the molecule is C=C/C=C\C(=C/C)N(C=O)C(=O)/C=C\C. The summed E-state index contributed by atoms with van der Waals surface area (Å²) in [5, 5.41) is 0. The van der Waals surface area contributed by atoms with Crippen LogP contribution in [0.3, 0.4) is 0 Å². The third-order valence-corrected chi connectivity index (χ3v) is 1.63. The number of amides is 2. The van der Waals surface area contributed by atoms with Gasteiger partial charge in [-0.15, -0.1) is 0 Å². The molecule has 15 heavy (non-hydrogen) atoms. The molecule has 0 aromatic carbocycles. The van der Waals surface area contributed by atoms with Gasteiger partial charge in [-0.1, -0.05) is 30.9 Å². The molecule has 0 aliphatic heterocycles. The molecule has 0 saturated heterocycles. The van der Waals surface area contributed by atoms with E-state index in [1.165, 1.54) is 6.08 Å². The van der Waals surface area contributed by atoms with E-state index in [4.69, 9.17) is 0 Å². The monoisotopic (exact) mass is 205 g/mol. The van der Waals surface area contributed by atoms with Gasteiger partial charge in [0, 0.05) is 5.70 Å². The second-order valence-corrected chi connectivity index (χ2v) is 2.62. The van der Waals surface area contributed by atoms with Crippen LogP contribution in [-0.4, -0.2) is 17.2 Å². The molecule has 0 bridgehead atoms. The molecule has 2 amide bonds. The minimum absolute atomic E-state index is 0.366. The summed E-state index contributed by atoms with van der Waals surface area (Å²) in [5.74, 6) is -0.366. The Morgan fingerprint density at radius 3 is 2.33 bits per heavy atom. The van der Waals surface area contributed by atoms with Gasteiger partial charge in [0.15, 0.2) is 0 Å². The largest absolute Gasteiger partial charge is 0.278 e. The second kappa shape index (κ2) is 7.50. The summed E-state index contributed by atoms with van der Waals surface area (Å²) in [6.07, 6.45) is 9.97. The van der Waals surface area contributed by atoms with Gasteiger partial charge in [0.1, 0.15) is 0 Å². The van der Waals surface area contributed by atoms with Crippen molar-refractivity contribution in [3.05, 3.63) is 48.7 Å². The van der Waals surface area contributed by atoms with Crippen LogP contribution in [0, 0.1) is 0 Å². The van der Waals surface area contributed by atoms with Gasteiger partial charge in [0.2, 0.25) is 6.41 Å². The van der Waals surface area contributed by atoms with E-state index in [1.54, 1.807) is 44.2 Å². The predicted octanol–water partition coefficient (Wildman–Crippen LogP) is 2.19. The zero-order valence-electron chi connectivity index (χ0n) is 9.01. The molecule has 0 fully saturated rings. The molecule has 0 atom stereocenters. The summed E-state index contributed by atoms with van der Waals surface area (Å²) in [7, 11) is 0. The summed E-state index contributed by atoms with van der Waals surface area (Å²) in [5.41, 5.74) is 0.521. The number of carbonyl (C=O) groups excluding carboxylic acids is 2. The van der Waals surface area contributed by atoms with Crippen molar-refractivity contribution in [3.8, 4) is 0 Å². The van der Waals surface area contributed by atoms with Crippen molar-refractivity contribution in [1.29, 1.82) is 0 Å². The van der Waals surface area contributed by atoms with Crippen LogP contribution in [-0.2, 0) is 9.59 Å². The third-order valence-electron chi connectivity index (χ3n) is 1.63. The van der Waals surface area contributed by atoms with Crippen molar-refractivity contribution < 1.29 is 9.59 Å².